The fraction of sp³-hybridized carbons (Fsp3) is 0.308. The van der Waals surface area contributed by atoms with Gasteiger partial charge in [0.1, 0.15) is 0 Å². The maximum absolute atomic E-state index is 12.1. The van der Waals surface area contributed by atoms with Crippen LogP contribution in [0.1, 0.15) is 13.8 Å². The minimum Gasteiger partial charge on any atom is -0.325 e. The summed E-state index contributed by atoms with van der Waals surface area (Å²) < 4.78 is 1.74. The number of thioether (sulfide) groups is 2. The van der Waals surface area contributed by atoms with Crippen molar-refractivity contribution in [2.45, 2.75) is 27.8 Å². The second-order valence-electron chi connectivity index (χ2n) is 4.03. The number of nitrogens with zero attached hydrogens (tertiary/aromatic N) is 2. The molecule has 0 spiro atoms. The van der Waals surface area contributed by atoms with Gasteiger partial charge in [-0.2, -0.15) is 0 Å². The molecule has 21 heavy (non-hydrogen) atoms. The van der Waals surface area contributed by atoms with Crippen molar-refractivity contribution in [1.82, 2.24) is 10.2 Å². The monoisotopic (exact) mass is 359 g/mol. The molecule has 1 heterocycles. The second-order valence-corrected chi connectivity index (χ2v) is 8.54. The molecule has 0 saturated carbocycles. The molecule has 2 rings (SSSR count). The Morgan fingerprint density at radius 3 is 2.90 bits per heavy atom. The Morgan fingerprint density at radius 1 is 1.43 bits per heavy atom. The fourth-order valence-electron chi connectivity index (χ4n) is 1.44. The van der Waals surface area contributed by atoms with Gasteiger partial charge in [0.25, 0.3) is 0 Å². The molecule has 1 aromatic carbocycles. The lowest BCUT2D eigenvalue weighted by atomic mass is 10.3. The fourth-order valence-corrected chi connectivity index (χ4v) is 4.69. The maximum Gasteiger partial charge on any atom is 0.237 e. The van der Waals surface area contributed by atoms with E-state index < -0.39 is 0 Å². The van der Waals surface area contributed by atoms with Crippen molar-refractivity contribution < 1.29 is 4.79 Å². The van der Waals surface area contributed by atoms with Gasteiger partial charge in [-0.1, -0.05) is 59.5 Å². The smallest absolute Gasteiger partial charge is 0.237 e. The van der Waals surface area contributed by atoms with Crippen LogP contribution in [0.15, 0.2) is 32.9 Å². The lowest BCUT2D eigenvalue weighted by Gasteiger charge is -2.10. The highest BCUT2D eigenvalue weighted by molar-refractivity contribution is 8.03. The summed E-state index contributed by atoms with van der Waals surface area (Å²) in [4.78, 5) is 12.1. The molecule has 0 aliphatic heterocycles. The molecule has 0 bridgehead atoms. The molecule has 1 amide bonds. The SMILES string of the molecule is CCSc1nnc(S[C@@H](C)C(=O)Nc2cccc(Cl)c2)s1. The molecule has 0 fully saturated rings. The number of aromatic nitrogens is 2. The maximum atomic E-state index is 12.1. The molecule has 0 aliphatic rings. The Hall–Kier alpha value is -0.760. The van der Waals surface area contributed by atoms with Crippen LogP contribution in [0.25, 0.3) is 0 Å². The van der Waals surface area contributed by atoms with E-state index in [9.17, 15) is 4.79 Å². The van der Waals surface area contributed by atoms with Crippen molar-refractivity contribution >= 4 is 58.1 Å². The Labute approximate surface area is 141 Å². The van der Waals surface area contributed by atoms with E-state index in [1.54, 1.807) is 30.0 Å². The van der Waals surface area contributed by atoms with Crippen molar-refractivity contribution in [2.75, 3.05) is 11.1 Å². The van der Waals surface area contributed by atoms with Gasteiger partial charge in [0, 0.05) is 10.7 Å². The van der Waals surface area contributed by atoms with Crippen LogP contribution in [0.2, 0.25) is 5.02 Å². The molecule has 0 aliphatic carbocycles. The van der Waals surface area contributed by atoms with Crippen LogP contribution in [-0.4, -0.2) is 27.1 Å². The number of carbonyl (C=O) groups excluding carboxylic acids is 1. The molecule has 4 nitrogen and oxygen atoms in total. The number of amides is 1. The van der Waals surface area contributed by atoms with E-state index in [0.29, 0.717) is 10.7 Å². The van der Waals surface area contributed by atoms with Crippen LogP contribution in [-0.2, 0) is 4.79 Å². The van der Waals surface area contributed by atoms with Gasteiger partial charge in [0.15, 0.2) is 8.68 Å². The summed E-state index contributed by atoms with van der Waals surface area (Å²) in [5.41, 5.74) is 0.694. The molecule has 0 radical (unpaired) electrons. The van der Waals surface area contributed by atoms with Crippen LogP contribution in [0.3, 0.4) is 0 Å². The van der Waals surface area contributed by atoms with Gasteiger partial charge < -0.3 is 5.32 Å². The quantitative estimate of drug-likeness (QED) is 0.773. The van der Waals surface area contributed by atoms with E-state index in [2.05, 4.69) is 22.4 Å². The highest BCUT2D eigenvalue weighted by atomic mass is 35.5. The van der Waals surface area contributed by atoms with Gasteiger partial charge in [-0.3, -0.25) is 4.79 Å². The van der Waals surface area contributed by atoms with Crippen LogP contribution in [0.4, 0.5) is 5.69 Å². The van der Waals surface area contributed by atoms with Gasteiger partial charge in [-0.25, -0.2) is 0 Å². The van der Waals surface area contributed by atoms with Crippen LogP contribution in [0.5, 0.6) is 0 Å². The van der Waals surface area contributed by atoms with Crippen LogP contribution < -0.4 is 5.32 Å². The summed E-state index contributed by atoms with van der Waals surface area (Å²) in [6.07, 6.45) is 0. The standard InChI is InChI=1S/C13H14ClN3OS3/c1-3-19-12-16-17-13(21-12)20-8(2)11(18)15-10-6-4-5-9(14)7-10/h4-8H,3H2,1-2H3,(H,15,18)/t8-/m0/s1. The number of hydrogen-bond donors (Lipinski definition) is 1. The Kier molecular flexibility index (Phi) is 6.35. The zero-order valence-corrected chi connectivity index (χ0v) is 14.7. The lowest BCUT2D eigenvalue weighted by Crippen LogP contribution is -2.22. The Balaban J connectivity index is 1.92. The average Bonchev–Trinajstić information content (AvgIpc) is 2.86. The van der Waals surface area contributed by atoms with Gasteiger partial charge in [0.2, 0.25) is 5.91 Å². The van der Waals surface area contributed by atoms with Crippen molar-refractivity contribution in [3.63, 3.8) is 0 Å². The van der Waals surface area contributed by atoms with E-state index in [1.807, 2.05) is 13.0 Å². The van der Waals surface area contributed by atoms with Crippen LogP contribution in [0, 0.1) is 0 Å². The molecular weight excluding hydrogens is 346 g/mol. The average molecular weight is 360 g/mol. The molecule has 1 N–H and O–H groups in total. The number of rotatable bonds is 6. The lowest BCUT2D eigenvalue weighted by molar-refractivity contribution is -0.115. The molecule has 2 aromatic rings. The van der Waals surface area contributed by atoms with Gasteiger partial charge in [0.05, 0.1) is 5.25 Å². The minimum absolute atomic E-state index is 0.0813. The zero-order chi connectivity index (χ0) is 15.2. The minimum atomic E-state index is -0.253. The van der Waals surface area contributed by atoms with Crippen LogP contribution >= 0.6 is 46.5 Å². The summed E-state index contributed by atoms with van der Waals surface area (Å²) in [5, 5.41) is 11.3. The predicted octanol–water partition coefficient (Wildman–Crippen LogP) is 4.42. The van der Waals surface area contributed by atoms with Gasteiger partial charge in [-0.15, -0.1) is 10.2 Å². The van der Waals surface area contributed by atoms with E-state index in [4.69, 9.17) is 11.6 Å². The largest absolute Gasteiger partial charge is 0.325 e. The zero-order valence-electron chi connectivity index (χ0n) is 11.5. The summed E-state index contributed by atoms with van der Waals surface area (Å²) >= 11 is 10.5. The summed E-state index contributed by atoms with van der Waals surface area (Å²) in [6.45, 7) is 3.92. The second kappa shape index (κ2) is 8.03. The summed E-state index contributed by atoms with van der Waals surface area (Å²) in [5.74, 6) is 0.881. The first-order valence-corrected chi connectivity index (χ1v) is 9.34. The molecule has 0 unspecified atom stereocenters. The highest BCUT2D eigenvalue weighted by Gasteiger charge is 2.17. The third kappa shape index (κ3) is 5.18. The normalized spacial score (nSPS) is 12.1. The van der Waals surface area contributed by atoms with Crippen molar-refractivity contribution in [2.24, 2.45) is 0 Å². The third-order valence-corrected chi connectivity index (χ3v) is 5.75. The van der Waals surface area contributed by atoms with Crippen molar-refractivity contribution in [3.8, 4) is 0 Å². The van der Waals surface area contributed by atoms with Crippen molar-refractivity contribution in [1.29, 1.82) is 0 Å². The molecule has 0 saturated heterocycles. The summed E-state index contributed by atoms with van der Waals surface area (Å²) in [7, 11) is 0. The molecule has 1 atom stereocenters. The number of halogens is 1. The van der Waals surface area contributed by atoms with E-state index in [1.165, 1.54) is 23.1 Å². The first-order valence-electron chi connectivity index (χ1n) is 6.28. The van der Waals surface area contributed by atoms with Crippen molar-refractivity contribution in [3.05, 3.63) is 29.3 Å². The first kappa shape index (κ1) is 16.6. The number of benzene rings is 1. The van der Waals surface area contributed by atoms with Gasteiger partial charge in [-0.05, 0) is 30.9 Å². The van der Waals surface area contributed by atoms with E-state index >= 15 is 0 Å². The van der Waals surface area contributed by atoms with E-state index in [-0.39, 0.29) is 11.2 Å². The number of anilines is 1. The first-order chi connectivity index (χ1) is 10.1. The highest BCUT2D eigenvalue weighted by Crippen LogP contribution is 2.31. The molecule has 1 aromatic heterocycles. The number of nitrogens with one attached hydrogen (secondary N) is 1. The summed E-state index contributed by atoms with van der Waals surface area (Å²) in [6, 6.07) is 7.10. The molecule has 8 heteroatoms. The topological polar surface area (TPSA) is 54.9 Å². The molecular formula is C13H14ClN3OS3. The number of hydrogen-bond acceptors (Lipinski definition) is 6. The van der Waals surface area contributed by atoms with Gasteiger partial charge >= 0.3 is 0 Å². The Morgan fingerprint density at radius 2 is 2.19 bits per heavy atom. The Bertz CT molecular complexity index is 620. The van der Waals surface area contributed by atoms with E-state index in [0.717, 1.165) is 14.4 Å². The predicted molar refractivity (Wildman–Crippen MR) is 91.7 cm³/mol. The third-order valence-electron chi connectivity index (χ3n) is 2.39. The molecule has 112 valence electrons. The number of carbonyl (C=O) groups is 1.